The van der Waals surface area contributed by atoms with E-state index in [0.29, 0.717) is 57.8 Å². The Hall–Kier alpha value is -2.71. The average molecular weight is 883 g/mol. The second-order valence-corrected chi connectivity index (χ2v) is 20.3. The van der Waals surface area contributed by atoms with Gasteiger partial charge in [0, 0.05) is 37.0 Å². The number of hydrogen-bond acceptors (Lipinski definition) is 12. The van der Waals surface area contributed by atoms with Crippen molar-refractivity contribution >= 4 is 17.7 Å². The summed E-state index contributed by atoms with van der Waals surface area (Å²) < 4.78 is 46.1. The molecular weight excluding hydrogens is 805 g/mol. The number of benzene rings is 1. The Labute approximate surface area is 376 Å². The number of aliphatic hydroxyl groups is 2. The van der Waals surface area contributed by atoms with Crippen LogP contribution in [0.25, 0.3) is 0 Å². The molecule has 12 nitrogen and oxygen atoms in total. The van der Waals surface area contributed by atoms with Crippen molar-refractivity contribution in [2.75, 3.05) is 0 Å². The number of aliphatic hydroxyl groups excluding tert-OH is 1. The van der Waals surface area contributed by atoms with Gasteiger partial charge in [-0.2, -0.15) is 0 Å². The molecule has 0 amide bonds. The molecule has 5 aliphatic rings. The third-order valence-corrected chi connectivity index (χ3v) is 15.9. The lowest BCUT2D eigenvalue weighted by molar-refractivity contribution is -0.409. The third-order valence-electron chi connectivity index (χ3n) is 15.9. The number of Topliss-reactive ketones (excluding diaryl/α,β-unsaturated/α-hetero) is 1. The molecule has 2 spiro atoms. The van der Waals surface area contributed by atoms with Crippen LogP contribution in [0.4, 0.5) is 0 Å². The highest BCUT2D eigenvalue weighted by molar-refractivity contribution is 5.84. The van der Waals surface area contributed by atoms with Crippen molar-refractivity contribution in [2.45, 2.75) is 212 Å². The predicted octanol–water partition coefficient (Wildman–Crippen LogP) is 8.42. The summed E-state index contributed by atoms with van der Waals surface area (Å²) in [6.07, 6.45) is 5.88. The van der Waals surface area contributed by atoms with Crippen LogP contribution >= 0.6 is 0 Å². The minimum absolute atomic E-state index is 0.0141. The fourth-order valence-corrected chi connectivity index (χ4v) is 11.6. The van der Waals surface area contributed by atoms with Gasteiger partial charge in [0.05, 0.1) is 53.7 Å². The van der Waals surface area contributed by atoms with E-state index in [-0.39, 0.29) is 60.5 Å². The maximum atomic E-state index is 14.7. The molecule has 2 N–H and O–H groups in total. The first kappa shape index (κ1) is 49.7. The van der Waals surface area contributed by atoms with Gasteiger partial charge in [-0.15, -0.1) is 0 Å². The normalized spacial score (nSPS) is 40.5. The van der Waals surface area contributed by atoms with Crippen molar-refractivity contribution in [3.8, 4) is 0 Å². The van der Waals surface area contributed by atoms with Crippen molar-refractivity contribution in [3.63, 3.8) is 0 Å². The van der Waals surface area contributed by atoms with E-state index in [1.165, 1.54) is 6.92 Å². The van der Waals surface area contributed by atoms with Crippen LogP contribution in [0.3, 0.4) is 0 Å². The van der Waals surface area contributed by atoms with Gasteiger partial charge in [0.2, 0.25) is 5.79 Å². The fourth-order valence-electron chi connectivity index (χ4n) is 11.6. The van der Waals surface area contributed by atoms with Crippen LogP contribution in [0, 0.1) is 41.4 Å². The van der Waals surface area contributed by atoms with Crippen LogP contribution < -0.4 is 0 Å². The fraction of sp³-hybridized carbons (Fsp3) is 0.784. The van der Waals surface area contributed by atoms with Crippen molar-refractivity contribution in [1.29, 1.82) is 0 Å². The van der Waals surface area contributed by atoms with Gasteiger partial charge in [0.1, 0.15) is 12.4 Å². The van der Waals surface area contributed by atoms with Crippen molar-refractivity contribution < 1.29 is 57.8 Å². The Morgan fingerprint density at radius 1 is 0.873 bits per heavy atom. The van der Waals surface area contributed by atoms with Crippen molar-refractivity contribution in [1.82, 2.24) is 0 Å². The summed E-state index contributed by atoms with van der Waals surface area (Å²) in [6.45, 7) is 21.4. The largest absolute Gasteiger partial charge is 0.461 e. The van der Waals surface area contributed by atoms with Gasteiger partial charge in [-0.1, -0.05) is 85.7 Å². The lowest BCUT2D eigenvalue weighted by atomic mass is 9.72. The molecule has 4 saturated heterocycles. The molecule has 0 radical (unpaired) electrons. The average Bonchev–Trinajstić information content (AvgIpc) is 3.61. The first-order valence-electron chi connectivity index (χ1n) is 24.2. The molecule has 0 unspecified atom stereocenters. The highest BCUT2D eigenvalue weighted by Crippen LogP contribution is 2.54. The molecule has 12 heteroatoms. The van der Waals surface area contributed by atoms with Crippen LogP contribution in [0.1, 0.15) is 146 Å². The third kappa shape index (κ3) is 10.2. The lowest BCUT2D eigenvalue weighted by Crippen LogP contribution is -2.63. The number of esters is 2. The molecule has 0 aromatic heterocycles. The van der Waals surface area contributed by atoms with E-state index in [2.05, 4.69) is 20.8 Å². The number of carbonyl (C=O) groups is 3. The van der Waals surface area contributed by atoms with Crippen molar-refractivity contribution in [2.24, 2.45) is 41.4 Å². The van der Waals surface area contributed by atoms with Gasteiger partial charge in [0.15, 0.2) is 11.9 Å². The standard InChI is InChI=1S/C51H78O12/c1-12-38(47(55)57-29-37-18-16-15-17-19-37)40-21-20-30(4)45(60-40)34(8)43(53)33(7)44(54)39(13-2)46-31(5)28-32(6)50(61-46)25-23-42(59-36(10)52)51(63-50)27-26-48(11,62-51)41-22-24-49(56,14-3)35(9)58-41/h15-19,23,25,30-35,38-43,45-46,53,56H,12-14,20-22,24,26-29H2,1-11H3/t30-,31-,32+,33-,34-,35-,38+,39-,40+,41+,42+,43+,45+,46-,48-,49+,50-,51-/m0/s1. The molecule has 0 saturated carbocycles. The topological polar surface area (TPSA) is 156 Å². The highest BCUT2D eigenvalue weighted by atomic mass is 16.8. The van der Waals surface area contributed by atoms with E-state index in [0.717, 1.165) is 12.0 Å². The maximum absolute atomic E-state index is 14.7. The molecule has 6 rings (SSSR count). The van der Waals surface area contributed by atoms with Crippen molar-refractivity contribution in [3.05, 3.63) is 48.0 Å². The molecule has 63 heavy (non-hydrogen) atoms. The van der Waals surface area contributed by atoms with Gasteiger partial charge >= 0.3 is 11.9 Å². The van der Waals surface area contributed by atoms with E-state index < -0.39 is 70.7 Å². The Kier molecular flexibility index (Phi) is 15.8. The lowest BCUT2D eigenvalue weighted by Gasteiger charge is -2.54. The van der Waals surface area contributed by atoms with E-state index in [4.69, 9.17) is 33.2 Å². The van der Waals surface area contributed by atoms with E-state index in [1.807, 2.05) is 84.0 Å². The van der Waals surface area contributed by atoms with Crippen LogP contribution in [-0.2, 0) is 54.1 Å². The second kappa shape index (κ2) is 20.0. The molecule has 5 heterocycles. The van der Waals surface area contributed by atoms with Crippen LogP contribution in [-0.4, -0.2) is 93.4 Å². The maximum Gasteiger partial charge on any atom is 0.311 e. The summed E-state index contributed by atoms with van der Waals surface area (Å²) >= 11 is 0. The molecule has 5 aliphatic heterocycles. The smallest absolute Gasteiger partial charge is 0.311 e. The quantitative estimate of drug-likeness (QED) is 0.128. The van der Waals surface area contributed by atoms with E-state index in [9.17, 15) is 24.6 Å². The molecule has 0 bridgehead atoms. The van der Waals surface area contributed by atoms with E-state index >= 15 is 0 Å². The first-order valence-corrected chi connectivity index (χ1v) is 24.2. The number of ether oxygens (including phenoxy) is 7. The molecule has 18 atom stereocenters. The molecule has 4 fully saturated rings. The van der Waals surface area contributed by atoms with Gasteiger partial charge in [-0.05, 0) is 101 Å². The monoisotopic (exact) mass is 883 g/mol. The second-order valence-electron chi connectivity index (χ2n) is 20.3. The number of rotatable bonds is 15. The summed E-state index contributed by atoms with van der Waals surface area (Å²) in [7, 11) is 0. The van der Waals surface area contributed by atoms with Gasteiger partial charge in [-0.25, -0.2) is 0 Å². The zero-order valence-corrected chi connectivity index (χ0v) is 39.9. The molecular formula is C51H78O12. The predicted molar refractivity (Wildman–Crippen MR) is 237 cm³/mol. The zero-order chi connectivity index (χ0) is 46.1. The molecule has 0 aliphatic carbocycles. The molecule has 1 aromatic rings. The Bertz CT molecular complexity index is 1750. The summed E-state index contributed by atoms with van der Waals surface area (Å²) in [5, 5.41) is 23.2. The van der Waals surface area contributed by atoms with Gasteiger partial charge in [-0.3, -0.25) is 14.4 Å². The minimum Gasteiger partial charge on any atom is -0.461 e. The Morgan fingerprint density at radius 2 is 1.57 bits per heavy atom. The highest BCUT2D eigenvalue weighted by Gasteiger charge is 2.64. The van der Waals surface area contributed by atoms with Crippen LogP contribution in [0.2, 0.25) is 0 Å². The SMILES string of the molecule is CC[C@@H](C(=O)[C@@H](C)[C@@H](O)[C@H](C)[C@@H]1O[C@@H]([C@@H](CC)C(=O)OCc2ccccc2)CC[C@@H]1C)[C@H]1O[C@]2(C=C[C@@H](OC(C)=O)[C@]3(CC[C@@](C)([C@H]4CC[C@](O)(CC)[C@H](C)O4)O3)O2)[C@H](C)C[C@@H]1C. The van der Waals surface area contributed by atoms with Crippen LogP contribution in [0.15, 0.2) is 42.5 Å². The summed E-state index contributed by atoms with van der Waals surface area (Å²) in [4.78, 5) is 40.6. The minimum atomic E-state index is -1.38. The Morgan fingerprint density at radius 3 is 2.21 bits per heavy atom. The molecule has 1 aromatic carbocycles. The first-order chi connectivity index (χ1) is 29.8. The zero-order valence-electron chi connectivity index (χ0n) is 39.9. The van der Waals surface area contributed by atoms with E-state index in [1.54, 1.807) is 6.92 Å². The Balaban J connectivity index is 1.16. The van der Waals surface area contributed by atoms with Crippen LogP contribution in [0.5, 0.6) is 0 Å². The summed E-state index contributed by atoms with van der Waals surface area (Å²) in [6, 6.07) is 9.62. The van der Waals surface area contributed by atoms with Gasteiger partial charge < -0.3 is 43.4 Å². The summed E-state index contributed by atoms with van der Waals surface area (Å²) in [5.74, 6) is -5.66. The number of ketones is 1. The van der Waals surface area contributed by atoms with Gasteiger partial charge in [0.25, 0.3) is 0 Å². The summed E-state index contributed by atoms with van der Waals surface area (Å²) in [5.41, 5.74) is -0.782. The molecule has 354 valence electrons. The number of carbonyl (C=O) groups excluding carboxylic acids is 3. The number of hydrogen-bond donors (Lipinski definition) is 2.